The fourth-order valence-electron chi connectivity index (χ4n) is 4.15. The normalized spacial score (nSPS) is 15.6. The van der Waals surface area contributed by atoms with E-state index in [9.17, 15) is 9.18 Å². The van der Waals surface area contributed by atoms with E-state index in [1.807, 2.05) is 29.2 Å². The Morgan fingerprint density at radius 2 is 1.79 bits per heavy atom. The lowest BCUT2D eigenvalue weighted by molar-refractivity contribution is -0.135. The van der Waals surface area contributed by atoms with Crippen LogP contribution in [0, 0.1) is 24.1 Å². The van der Waals surface area contributed by atoms with Crippen LogP contribution in [0.25, 0.3) is 0 Å². The first-order valence-electron chi connectivity index (χ1n) is 11.0. The Balaban J connectivity index is 1.45. The van der Waals surface area contributed by atoms with Crippen molar-refractivity contribution in [2.45, 2.75) is 32.4 Å². The van der Waals surface area contributed by atoms with Gasteiger partial charge in [0, 0.05) is 39.1 Å². The van der Waals surface area contributed by atoms with Gasteiger partial charge in [0.15, 0.2) is 0 Å². The number of hydrogen-bond acceptors (Lipinski definition) is 6. The smallest absolute Gasteiger partial charge is 0.247 e. The van der Waals surface area contributed by atoms with Gasteiger partial charge in [-0.15, -0.1) is 5.10 Å². The molecule has 1 aliphatic rings. The first kappa shape index (κ1) is 22.6. The third kappa shape index (κ3) is 5.59. The van der Waals surface area contributed by atoms with Crippen LogP contribution in [-0.4, -0.2) is 62.1 Å². The molecule has 1 amide bonds. The number of hydrogen-bond donors (Lipinski definition) is 0. The molecule has 33 heavy (non-hydrogen) atoms. The third-order valence-corrected chi connectivity index (χ3v) is 5.97. The number of carbonyl (C=O) groups is 1. The molecule has 1 unspecified atom stereocenters. The molecule has 1 saturated heterocycles. The lowest BCUT2D eigenvalue weighted by atomic mass is 10.0. The lowest BCUT2D eigenvalue weighted by Gasteiger charge is -2.27. The molecule has 4 rings (SSSR count). The molecule has 3 aromatic rings. The minimum Gasteiger partial charge on any atom is -0.339 e. The summed E-state index contributed by atoms with van der Waals surface area (Å²) >= 11 is 0. The molecule has 0 aliphatic carbocycles. The van der Waals surface area contributed by atoms with Crippen molar-refractivity contribution in [3.8, 4) is 6.07 Å². The molecular weight excluding hydrogens is 421 g/mol. The van der Waals surface area contributed by atoms with Crippen LogP contribution in [-0.2, 0) is 17.8 Å². The second-order valence-corrected chi connectivity index (χ2v) is 8.28. The SMILES string of the molecule is Cc1nnnn1C(Cc1ccc(F)cc1)C(=O)N1CCCN(Cc2ccc(C#N)cc2)CC1. The third-order valence-electron chi connectivity index (χ3n) is 5.97. The summed E-state index contributed by atoms with van der Waals surface area (Å²) in [7, 11) is 0. The number of amides is 1. The van der Waals surface area contributed by atoms with E-state index < -0.39 is 6.04 Å². The number of nitrogens with zero attached hydrogens (tertiary/aromatic N) is 7. The highest BCUT2D eigenvalue weighted by molar-refractivity contribution is 5.80. The number of halogens is 1. The van der Waals surface area contributed by atoms with Crippen LogP contribution in [0.15, 0.2) is 48.5 Å². The Kier molecular flexibility index (Phi) is 7.05. The van der Waals surface area contributed by atoms with Gasteiger partial charge in [0.2, 0.25) is 5.91 Å². The minimum atomic E-state index is -0.587. The fraction of sp³-hybridized carbons (Fsp3) is 0.375. The van der Waals surface area contributed by atoms with Crippen molar-refractivity contribution in [2.75, 3.05) is 26.2 Å². The van der Waals surface area contributed by atoms with Gasteiger partial charge in [0.1, 0.15) is 17.7 Å². The molecule has 1 aliphatic heterocycles. The van der Waals surface area contributed by atoms with Crippen LogP contribution in [0.3, 0.4) is 0 Å². The summed E-state index contributed by atoms with van der Waals surface area (Å²) in [6.07, 6.45) is 1.25. The van der Waals surface area contributed by atoms with Crippen LogP contribution < -0.4 is 0 Å². The van der Waals surface area contributed by atoms with E-state index in [1.165, 1.54) is 12.1 Å². The average Bonchev–Trinajstić information content (AvgIpc) is 3.11. The monoisotopic (exact) mass is 447 g/mol. The van der Waals surface area contributed by atoms with Crippen LogP contribution >= 0.6 is 0 Å². The predicted molar refractivity (Wildman–Crippen MR) is 119 cm³/mol. The maximum Gasteiger partial charge on any atom is 0.247 e. The quantitative estimate of drug-likeness (QED) is 0.577. The van der Waals surface area contributed by atoms with E-state index in [-0.39, 0.29) is 11.7 Å². The second-order valence-electron chi connectivity index (χ2n) is 8.28. The number of nitriles is 1. The van der Waals surface area contributed by atoms with Gasteiger partial charge in [-0.25, -0.2) is 9.07 Å². The summed E-state index contributed by atoms with van der Waals surface area (Å²) in [6, 6.07) is 15.4. The van der Waals surface area contributed by atoms with Crippen molar-refractivity contribution >= 4 is 5.91 Å². The fourth-order valence-corrected chi connectivity index (χ4v) is 4.15. The van der Waals surface area contributed by atoms with Crippen molar-refractivity contribution in [2.24, 2.45) is 0 Å². The van der Waals surface area contributed by atoms with E-state index in [4.69, 9.17) is 5.26 Å². The van der Waals surface area contributed by atoms with Gasteiger partial charge < -0.3 is 4.90 Å². The van der Waals surface area contributed by atoms with E-state index >= 15 is 0 Å². The van der Waals surface area contributed by atoms with Crippen molar-refractivity contribution in [3.63, 3.8) is 0 Å². The van der Waals surface area contributed by atoms with E-state index in [0.29, 0.717) is 30.9 Å². The molecule has 170 valence electrons. The summed E-state index contributed by atoms with van der Waals surface area (Å²) in [4.78, 5) is 17.8. The first-order chi connectivity index (χ1) is 16.0. The topological polar surface area (TPSA) is 90.9 Å². The molecule has 2 heterocycles. The molecule has 2 aromatic carbocycles. The highest BCUT2D eigenvalue weighted by Crippen LogP contribution is 2.20. The van der Waals surface area contributed by atoms with Crippen LogP contribution in [0.1, 0.15) is 35.0 Å². The van der Waals surface area contributed by atoms with E-state index in [2.05, 4.69) is 26.5 Å². The number of tetrazole rings is 1. The van der Waals surface area contributed by atoms with Gasteiger partial charge in [0.05, 0.1) is 11.6 Å². The highest BCUT2D eigenvalue weighted by Gasteiger charge is 2.30. The maximum atomic E-state index is 13.6. The van der Waals surface area contributed by atoms with Gasteiger partial charge in [0.25, 0.3) is 0 Å². The molecule has 1 fully saturated rings. The average molecular weight is 448 g/mol. The minimum absolute atomic E-state index is 0.0325. The Labute approximate surface area is 192 Å². The number of aromatic nitrogens is 4. The number of aryl methyl sites for hydroxylation is 1. The number of benzene rings is 2. The summed E-state index contributed by atoms with van der Waals surface area (Å²) in [5, 5.41) is 20.7. The van der Waals surface area contributed by atoms with E-state index in [0.717, 1.165) is 37.2 Å². The zero-order valence-electron chi connectivity index (χ0n) is 18.6. The van der Waals surface area contributed by atoms with Gasteiger partial charge >= 0.3 is 0 Å². The Morgan fingerprint density at radius 1 is 1.06 bits per heavy atom. The molecule has 0 N–H and O–H groups in total. The van der Waals surface area contributed by atoms with Gasteiger partial charge in [-0.05, 0) is 59.2 Å². The largest absolute Gasteiger partial charge is 0.339 e. The molecule has 1 aromatic heterocycles. The highest BCUT2D eigenvalue weighted by atomic mass is 19.1. The maximum absolute atomic E-state index is 13.6. The lowest BCUT2D eigenvalue weighted by Crippen LogP contribution is -2.41. The molecule has 0 radical (unpaired) electrons. The number of carbonyl (C=O) groups excluding carboxylic acids is 1. The van der Waals surface area contributed by atoms with Crippen LogP contribution in [0.2, 0.25) is 0 Å². The summed E-state index contributed by atoms with van der Waals surface area (Å²) in [5.74, 6) is 0.220. The zero-order valence-corrected chi connectivity index (χ0v) is 18.6. The molecule has 1 atom stereocenters. The van der Waals surface area contributed by atoms with Crippen molar-refractivity contribution in [3.05, 3.63) is 76.9 Å². The Hall–Kier alpha value is -3.64. The molecule has 8 nitrogen and oxygen atoms in total. The van der Waals surface area contributed by atoms with Crippen molar-refractivity contribution in [1.29, 1.82) is 5.26 Å². The van der Waals surface area contributed by atoms with Gasteiger partial charge in [-0.2, -0.15) is 5.26 Å². The molecule has 9 heteroatoms. The van der Waals surface area contributed by atoms with Gasteiger partial charge in [-0.3, -0.25) is 9.69 Å². The van der Waals surface area contributed by atoms with Crippen molar-refractivity contribution in [1.82, 2.24) is 30.0 Å². The predicted octanol–water partition coefficient (Wildman–Crippen LogP) is 2.51. The van der Waals surface area contributed by atoms with Gasteiger partial charge in [-0.1, -0.05) is 24.3 Å². The summed E-state index contributed by atoms with van der Waals surface area (Å²) < 4.78 is 14.9. The summed E-state index contributed by atoms with van der Waals surface area (Å²) in [6.45, 7) is 5.45. The molecule has 0 bridgehead atoms. The first-order valence-corrected chi connectivity index (χ1v) is 11.0. The molecular formula is C24H26FN7O. The Bertz CT molecular complexity index is 1120. The van der Waals surface area contributed by atoms with E-state index in [1.54, 1.807) is 23.7 Å². The van der Waals surface area contributed by atoms with Crippen molar-refractivity contribution < 1.29 is 9.18 Å². The summed E-state index contributed by atoms with van der Waals surface area (Å²) in [5.41, 5.74) is 2.64. The van der Waals surface area contributed by atoms with Crippen LogP contribution in [0.5, 0.6) is 0 Å². The van der Waals surface area contributed by atoms with Crippen LogP contribution in [0.4, 0.5) is 4.39 Å². The molecule has 0 saturated carbocycles. The standard InChI is InChI=1S/C24H26FN7O/c1-18-27-28-29-32(18)23(15-19-7-9-22(25)10-8-19)24(33)31-12-2-11-30(13-14-31)17-21-5-3-20(16-26)4-6-21/h3-10,23H,2,11-15,17H2,1H3. The zero-order chi connectivity index (χ0) is 23.2. The second kappa shape index (κ2) is 10.3. The molecule has 0 spiro atoms. The Morgan fingerprint density at radius 3 is 2.45 bits per heavy atom. The number of rotatable bonds is 6.